The Bertz CT molecular complexity index is 798. The van der Waals surface area contributed by atoms with E-state index in [1.807, 2.05) is 5.57 Å². The van der Waals surface area contributed by atoms with Crippen LogP contribution in [0.15, 0.2) is 35.4 Å². The quantitative estimate of drug-likeness (QED) is 0.420. The van der Waals surface area contributed by atoms with Crippen LogP contribution in [0.2, 0.25) is 0 Å². The third-order valence-corrected chi connectivity index (χ3v) is 10.2. The van der Waals surface area contributed by atoms with Crippen LogP contribution in [-0.4, -0.2) is 0 Å². The first kappa shape index (κ1) is 21.8. The van der Waals surface area contributed by atoms with E-state index in [2.05, 4.69) is 52.0 Å². The molecular weight excluding hydrogens is 372 g/mol. The Morgan fingerprint density at radius 1 is 0.774 bits per heavy atom. The van der Waals surface area contributed by atoms with E-state index >= 15 is 0 Å². The van der Waals surface area contributed by atoms with Crippen molar-refractivity contribution < 1.29 is 0 Å². The summed E-state index contributed by atoms with van der Waals surface area (Å²) < 4.78 is 0. The van der Waals surface area contributed by atoms with Crippen LogP contribution in [0.5, 0.6) is 0 Å². The molecule has 3 saturated carbocycles. The molecule has 0 saturated heterocycles. The minimum Gasteiger partial charge on any atom is -0.0729 e. The van der Waals surface area contributed by atoms with Gasteiger partial charge < -0.3 is 0 Å². The average Bonchev–Trinajstić information content (AvgIpc) is 3.44. The molecule has 170 valence electrons. The molecule has 0 radical (unpaired) electrons. The molecule has 0 bridgehead atoms. The second kappa shape index (κ2) is 8.72. The van der Waals surface area contributed by atoms with Crippen molar-refractivity contribution in [1.82, 2.24) is 0 Å². The molecule has 4 aliphatic rings. The highest BCUT2D eigenvalue weighted by molar-refractivity contribution is 5.58. The molecule has 4 aliphatic carbocycles. The highest BCUT2D eigenvalue weighted by Crippen LogP contribution is 2.73. The summed E-state index contributed by atoms with van der Waals surface area (Å²) in [6, 6.07) is 9.93. The normalized spacial score (nSPS) is 43.6. The number of hydrogen-bond donors (Lipinski definition) is 0. The van der Waals surface area contributed by atoms with E-state index in [1.54, 1.807) is 11.1 Å². The maximum atomic E-state index is 2.60. The van der Waals surface area contributed by atoms with Crippen molar-refractivity contribution in [3.05, 3.63) is 46.5 Å². The Balaban J connectivity index is 1.65. The smallest absolute Gasteiger partial charge is 0.0266 e. The Kier molecular flexibility index (Phi) is 6.13. The number of fused-ring (bicyclic) bond motifs is 3. The first-order valence-electron chi connectivity index (χ1n) is 13.8. The number of allylic oxidation sites excluding steroid dienone is 2. The molecule has 5 rings (SSSR count). The number of hydrogen-bond acceptors (Lipinski definition) is 0. The van der Waals surface area contributed by atoms with Crippen LogP contribution < -0.4 is 0 Å². The van der Waals surface area contributed by atoms with E-state index in [0.717, 1.165) is 35.5 Å². The fourth-order valence-corrected chi connectivity index (χ4v) is 8.80. The van der Waals surface area contributed by atoms with Gasteiger partial charge in [0, 0.05) is 5.41 Å². The zero-order valence-corrected chi connectivity index (χ0v) is 20.8. The monoisotopic (exact) mass is 418 g/mol. The molecule has 0 N–H and O–H groups in total. The van der Waals surface area contributed by atoms with Gasteiger partial charge in [-0.1, -0.05) is 99.8 Å². The van der Waals surface area contributed by atoms with Crippen molar-refractivity contribution in [2.75, 3.05) is 0 Å². The Morgan fingerprint density at radius 2 is 1.48 bits per heavy atom. The summed E-state index contributed by atoms with van der Waals surface area (Å²) in [7, 11) is 0. The van der Waals surface area contributed by atoms with Gasteiger partial charge >= 0.3 is 0 Å². The zero-order chi connectivity index (χ0) is 21.6. The lowest BCUT2D eigenvalue weighted by Gasteiger charge is -2.41. The van der Waals surface area contributed by atoms with Gasteiger partial charge in [-0.05, 0) is 87.0 Å². The lowest BCUT2D eigenvalue weighted by molar-refractivity contribution is 0.125. The first-order chi connectivity index (χ1) is 15.0. The van der Waals surface area contributed by atoms with Gasteiger partial charge in [0.25, 0.3) is 0 Å². The SMILES string of the molecule is C/C1=C2/C(C3CCC(C)CC3C)C2(c2ccc(C)cc2)C2CCCCC2CCCCC1. The van der Waals surface area contributed by atoms with Crippen LogP contribution in [0, 0.1) is 42.4 Å². The molecular formula is C31H46. The number of aryl methyl sites for hydroxylation is 1. The van der Waals surface area contributed by atoms with E-state index in [4.69, 9.17) is 0 Å². The van der Waals surface area contributed by atoms with Gasteiger partial charge in [0.2, 0.25) is 0 Å². The van der Waals surface area contributed by atoms with E-state index in [9.17, 15) is 0 Å². The largest absolute Gasteiger partial charge is 0.0729 e. The molecule has 7 atom stereocenters. The van der Waals surface area contributed by atoms with Gasteiger partial charge in [0.05, 0.1) is 0 Å². The van der Waals surface area contributed by atoms with Gasteiger partial charge in [-0.15, -0.1) is 0 Å². The summed E-state index contributed by atoms with van der Waals surface area (Å²) in [4.78, 5) is 0. The molecule has 0 heterocycles. The molecule has 3 fully saturated rings. The van der Waals surface area contributed by atoms with Gasteiger partial charge in [-0.2, -0.15) is 0 Å². The Labute approximate surface area is 192 Å². The summed E-state index contributed by atoms with van der Waals surface area (Å²) in [5.41, 5.74) is 7.23. The summed E-state index contributed by atoms with van der Waals surface area (Å²) in [6.07, 6.45) is 17.5. The Morgan fingerprint density at radius 3 is 2.23 bits per heavy atom. The fourth-order valence-electron chi connectivity index (χ4n) is 8.80. The topological polar surface area (TPSA) is 0 Å². The first-order valence-corrected chi connectivity index (χ1v) is 13.8. The van der Waals surface area contributed by atoms with E-state index in [0.29, 0.717) is 5.41 Å². The zero-order valence-electron chi connectivity index (χ0n) is 20.8. The highest BCUT2D eigenvalue weighted by atomic mass is 14.7. The van der Waals surface area contributed by atoms with Gasteiger partial charge in [0.15, 0.2) is 0 Å². The van der Waals surface area contributed by atoms with Crippen molar-refractivity contribution in [3.8, 4) is 0 Å². The summed E-state index contributed by atoms with van der Waals surface area (Å²) >= 11 is 0. The second-order valence-corrected chi connectivity index (χ2v) is 12.2. The predicted octanol–water partition coefficient (Wildman–Crippen LogP) is 9.02. The standard InChI is InChI=1S/C31H46/c1-21-14-17-26(18-15-21)31-28-13-9-8-12-25(28)11-7-5-6-10-23(3)29(31)30(31)27-19-16-22(2)20-24(27)4/h14-15,17-18,22,24-25,27-28,30H,5-13,16,19-20H2,1-4H3/b29-23+. The molecule has 0 amide bonds. The van der Waals surface area contributed by atoms with E-state index in [-0.39, 0.29) is 0 Å². The van der Waals surface area contributed by atoms with Crippen LogP contribution in [0.25, 0.3) is 0 Å². The molecule has 1 aromatic rings. The van der Waals surface area contributed by atoms with Gasteiger partial charge in [-0.25, -0.2) is 0 Å². The average molecular weight is 419 g/mol. The second-order valence-electron chi connectivity index (χ2n) is 12.2. The molecule has 0 aromatic heterocycles. The van der Waals surface area contributed by atoms with Crippen LogP contribution in [0.3, 0.4) is 0 Å². The molecule has 0 nitrogen and oxygen atoms in total. The molecule has 0 aliphatic heterocycles. The van der Waals surface area contributed by atoms with Crippen LogP contribution in [-0.2, 0) is 5.41 Å². The van der Waals surface area contributed by atoms with Crippen molar-refractivity contribution in [2.24, 2.45) is 35.5 Å². The third kappa shape index (κ3) is 3.75. The molecule has 1 aromatic carbocycles. The highest BCUT2D eigenvalue weighted by Gasteiger charge is 2.68. The number of benzene rings is 1. The molecule has 0 heteroatoms. The summed E-state index contributed by atoms with van der Waals surface area (Å²) in [5, 5.41) is 0. The lowest BCUT2D eigenvalue weighted by atomic mass is 9.63. The lowest BCUT2D eigenvalue weighted by Crippen LogP contribution is -2.36. The van der Waals surface area contributed by atoms with Crippen LogP contribution in [0.1, 0.15) is 109 Å². The van der Waals surface area contributed by atoms with Crippen molar-refractivity contribution >= 4 is 0 Å². The van der Waals surface area contributed by atoms with Crippen LogP contribution >= 0.6 is 0 Å². The van der Waals surface area contributed by atoms with E-state index < -0.39 is 0 Å². The predicted molar refractivity (Wildman–Crippen MR) is 133 cm³/mol. The third-order valence-electron chi connectivity index (χ3n) is 10.2. The maximum absolute atomic E-state index is 2.60. The minimum absolute atomic E-state index is 0.375. The minimum atomic E-state index is 0.375. The summed E-state index contributed by atoms with van der Waals surface area (Å²) in [6.45, 7) is 9.89. The van der Waals surface area contributed by atoms with Crippen molar-refractivity contribution in [1.29, 1.82) is 0 Å². The van der Waals surface area contributed by atoms with Crippen molar-refractivity contribution in [2.45, 2.75) is 110 Å². The van der Waals surface area contributed by atoms with E-state index in [1.165, 1.54) is 82.6 Å². The summed E-state index contributed by atoms with van der Waals surface area (Å²) in [5.74, 6) is 5.40. The van der Waals surface area contributed by atoms with Gasteiger partial charge in [-0.3, -0.25) is 0 Å². The number of rotatable bonds is 2. The molecule has 7 unspecified atom stereocenters. The molecule has 31 heavy (non-hydrogen) atoms. The van der Waals surface area contributed by atoms with Crippen LogP contribution in [0.4, 0.5) is 0 Å². The Hall–Kier alpha value is -1.04. The maximum Gasteiger partial charge on any atom is 0.0266 e. The molecule has 0 spiro atoms. The van der Waals surface area contributed by atoms with Gasteiger partial charge in [0.1, 0.15) is 0 Å². The van der Waals surface area contributed by atoms with Crippen molar-refractivity contribution in [3.63, 3.8) is 0 Å². The fraction of sp³-hybridized carbons (Fsp3) is 0.742.